The van der Waals surface area contributed by atoms with Crippen LogP contribution in [-0.2, 0) is 14.6 Å². The highest BCUT2D eigenvalue weighted by Crippen LogP contribution is 2.22. The molecule has 2 fully saturated rings. The minimum atomic E-state index is -3.10. The second kappa shape index (κ2) is 6.88. The fourth-order valence-electron chi connectivity index (χ4n) is 3.35. The molecule has 1 N–H and O–H groups in total. The van der Waals surface area contributed by atoms with Crippen molar-refractivity contribution >= 4 is 21.8 Å². The van der Waals surface area contributed by atoms with Gasteiger partial charge in [0.05, 0.1) is 23.8 Å². The van der Waals surface area contributed by atoms with Crippen LogP contribution in [0.2, 0.25) is 0 Å². The summed E-state index contributed by atoms with van der Waals surface area (Å²) in [6, 6.07) is 3.04. The van der Waals surface area contributed by atoms with Gasteiger partial charge in [-0.05, 0) is 44.1 Å². The Balaban J connectivity index is 1.65. The Morgan fingerprint density at radius 3 is 2.74 bits per heavy atom. The minimum Gasteiger partial charge on any atom is -0.465 e. The summed E-state index contributed by atoms with van der Waals surface area (Å²) in [5.74, 6) is 0.464. The zero-order valence-corrected chi connectivity index (χ0v) is 13.8. The van der Waals surface area contributed by atoms with Crippen LogP contribution in [0, 0.1) is 0 Å². The van der Waals surface area contributed by atoms with Gasteiger partial charge in [-0.3, -0.25) is 9.69 Å². The molecule has 23 heavy (non-hydrogen) atoms. The summed E-state index contributed by atoms with van der Waals surface area (Å²) < 4.78 is 29.2. The third-order valence-corrected chi connectivity index (χ3v) is 6.17. The molecular formula is C16H22N2O4S. The number of sulfone groups is 1. The monoisotopic (exact) mass is 338 g/mol. The lowest BCUT2D eigenvalue weighted by Gasteiger charge is -2.34. The SMILES string of the molecule is O=C(/C=C\c1ccco1)N[C@@H]1CS(=O)(=O)C[C@H]1N1CCCCC1. The number of hydrogen-bond donors (Lipinski definition) is 1. The third kappa shape index (κ3) is 4.23. The van der Waals surface area contributed by atoms with Crippen molar-refractivity contribution in [2.24, 2.45) is 0 Å². The van der Waals surface area contributed by atoms with Crippen molar-refractivity contribution in [1.29, 1.82) is 0 Å². The first-order valence-corrected chi connectivity index (χ1v) is 9.82. The van der Waals surface area contributed by atoms with E-state index in [9.17, 15) is 13.2 Å². The summed E-state index contributed by atoms with van der Waals surface area (Å²) in [7, 11) is -3.10. The van der Waals surface area contributed by atoms with Crippen LogP contribution in [0.15, 0.2) is 28.9 Å². The van der Waals surface area contributed by atoms with Gasteiger partial charge in [-0.25, -0.2) is 8.42 Å². The van der Waals surface area contributed by atoms with E-state index in [2.05, 4.69) is 10.2 Å². The molecule has 126 valence electrons. The van der Waals surface area contributed by atoms with E-state index < -0.39 is 9.84 Å². The summed E-state index contributed by atoms with van der Waals surface area (Å²) in [5.41, 5.74) is 0. The van der Waals surface area contributed by atoms with E-state index in [1.807, 2.05) is 0 Å². The highest BCUT2D eigenvalue weighted by atomic mass is 32.2. The topological polar surface area (TPSA) is 79.6 Å². The largest absolute Gasteiger partial charge is 0.465 e. The number of likely N-dealkylation sites (tertiary alicyclic amines) is 1. The number of carbonyl (C=O) groups is 1. The second-order valence-corrected chi connectivity index (χ2v) is 8.36. The van der Waals surface area contributed by atoms with Crippen molar-refractivity contribution in [3.63, 3.8) is 0 Å². The van der Waals surface area contributed by atoms with Crippen molar-refractivity contribution in [1.82, 2.24) is 10.2 Å². The molecule has 2 aliphatic rings. The van der Waals surface area contributed by atoms with Gasteiger partial charge < -0.3 is 9.73 Å². The predicted octanol–water partition coefficient (Wildman–Crippen LogP) is 1.06. The van der Waals surface area contributed by atoms with Gasteiger partial charge in [-0.15, -0.1) is 0 Å². The van der Waals surface area contributed by atoms with Crippen LogP contribution in [0.3, 0.4) is 0 Å². The number of furan rings is 1. The number of nitrogens with one attached hydrogen (secondary N) is 1. The fourth-order valence-corrected chi connectivity index (χ4v) is 5.30. The van der Waals surface area contributed by atoms with Crippen LogP contribution in [0.1, 0.15) is 25.0 Å². The molecule has 2 saturated heterocycles. The first-order valence-electron chi connectivity index (χ1n) is 8.00. The first-order chi connectivity index (χ1) is 11.0. The normalized spacial score (nSPS) is 28.2. The molecule has 3 rings (SSSR count). The predicted molar refractivity (Wildman–Crippen MR) is 87.5 cm³/mol. The second-order valence-electron chi connectivity index (χ2n) is 6.20. The van der Waals surface area contributed by atoms with E-state index in [1.54, 1.807) is 18.2 Å². The molecule has 0 aliphatic carbocycles. The number of carbonyl (C=O) groups excluding carboxylic acids is 1. The average Bonchev–Trinajstić information content (AvgIpc) is 3.13. The summed E-state index contributed by atoms with van der Waals surface area (Å²) in [4.78, 5) is 14.3. The maximum Gasteiger partial charge on any atom is 0.244 e. The van der Waals surface area contributed by atoms with Crippen LogP contribution in [0.5, 0.6) is 0 Å². The Morgan fingerprint density at radius 1 is 1.26 bits per heavy atom. The zero-order chi connectivity index (χ0) is 16.3. The van der Waals surface area contributed by atoms with Gasteiger partial charge in [0.15, 0.2) is 9.84 Å². The van der Waals surface area contributed by atoms with Crippen LogP contribution in [-0.4, -0.2) is 55.9 Å². The highest BCUT2D eigenvalue weighted by molar-refractivity contribution is 7.91. The Bertz CT molecular complexity index is 660. The Kier molecular flexibility index (Phi) is 4.87. The molecule has 0 saturated carbocycles. The molecule has 2 aliphatic heterocycles. The molecule has 3 heterocycles. The summed E-state index contributed by atoms with van der Waals surface area (Å²) in [6.45, 7) is 1.82. The highest BCUT2D eigenvalue weighted by Gasteiger charge is 2.41. The van der Waals surface area contributed by atoms with Crippen molar-refractivity contribution in [2.45, 2.75) is 31.3 Å². The summed E-state index contributed by atoms with van der Waals surface area (Å²) in [5, 5.41) is 2.86. The van der Waals surface area contributed by atoms with E-state index >= 15 is 0 Å². The van der Waals surface area contributed by atoms with Gasteiger partial charge in [0.1, 0.15) is 5.76 Å². The van der Waals surface area contributed by atoms with Gasteiger partial charge in [0.25, 0.3) is 0 Å². The third-order valence-electron chi connectivity index (χ3n) is 4.45. The zero-order valence-electron chi connectivity index (χ0n) is 13.0. The van der Waals surface area contributed by atoms with E-state index in [4.69, 9.17) is 4.42 Å². The molecule has 7 heteroatoms. The number of amides is 1. The number of nitrogens with zero attached hydrogens (tertiary/aromatic N) is 1. The van der Waals surface area contributed by atoms with Crippen LogP contribution in [0.25, 0.3) is 6.08 Å². The summed E-state index contributed by atoms with van der Waals surface area (Å²) >= 11 is 0. The van der Waals surface area contributed by atoms with E-state index in [0.29, 0.717) is 5.76 Å². The Labute approximate surface area is 136 Å². The molecule has 1 aromatic heterocycles. The van der Waals surface area contributed by atoms with Crippen molar-refractivity contribution in [3.8, 4) is 0 Å². The molecule has 6 nitrogen and oxygen atoms in total. The number of hydrogen-bond acceptors (Lipinski definition) is 5. The molecule has 2 atom stereocenters. The van der Waals surface area contributed by atoms with Crippen molar-refractivity contribution in [2.75, 3.05) is 24.6 Å². The quantitative estimate of drug-likeness (QED) is 0.831. The van der Waals surface area contributed by atoms with Crippen molar-refractivity contribution < 1.29 is 17.6 Å². The number of piperidine rings is 1. The van der Waals surface area contributed by atoms with Crippen LogP contribution < -0.4 is 5.32 Å². The lowest BCUT2D eigenvalue weighted by molar-refractivity contribution is -0.117. The summed E-state index contributed by atoms with van der Waals surface area (Å²) in [6.07, 6.45) is 7.88. The average molecular weight is 338 g/mol. The van der Waals surface area contributed by atoms with E-state index in [-0.39, 0.29) is 29.5 Å². The minimum absolute atomic E-state index is 0.0223. The van der Waals surface area contributed by atoms with Gasteiger partial charge >= 0.3 is 0 Å². The molecule has 1 aromatic rings. The molecule has 0 spiro atoms. The van der Waals surface area contributed by atoms with E-state index in [1.165, 1.54) is 18.8 Å². The molecule has 0 radical (unpaired) electrons. The van der Waals surface area contributed by atoms with Crippen LogP contribution in [0.4, 0.5) is 0 Å². The number of rotatable bonds is 4. The first kappa shape index (κ1) is 16.3. The lowest BCUT2D eigenvalue weighted by atomic mass is 10.0. The smallest absolute Gasteiger partial charge is 0.244 e. The van der Waals surface area contributed by atoms with E-state index in [0.717, 1.165) is 25.9 Å². The van der Waals surface area contributed by atoms with Gasteiger partial charge in [0, 0.05) is 12.1 Å². The molecule has 0 aromatic carbocycles. The lowest BCUT2D eigenvalue weighted by Crippen LogP contribution is -2.52. The maximum atomic E-state index is 12.1. The van der Waals surface area contributed by atoms with Gasteiger partial charge in [0.2, 0.25) is 5.91 Å². The maximum absolute atomic E-state index is 12.1. The Morgan fingerprint density at radius 2 is 2.04 bits per heavy atom. The molecule has 1 amide bonds. The van der Waals surface area contributed by atoms with Gasteiger partial charge in [-0.2, -0.15) is 0 Å². The van der Waals surface area contributed by atoms with Gasteiger partial charge in [-0.1, -0.05) is 6.42 Å². The molecular weight excluding hydrogens is 316 g/mol. The molecule has 0 unspecified atom stereocenters. The van der Waals surface area contributed by atoms with Crippen molar-refractivity contribution in [3.05, 3.63) is 30.2 Å². The standard InChI is InChI=1S/C16H22N2O4S/c19-16(7-6-13-5-4-10-22-13)17-14-11-23(20,21)12-15(14)18-8-2-1-3-9-18/h4-7,10,14-15H,1-3,8-9,11-12H2,(H,17,19)/b7-6-/t14-,15-/m1/s1. The molecule has 0 bridgehead atoms. The fraction of sp³-hybridized carbons (Fsp3) is 0.562. The Hall–Kier alpha value is -1.60. The van der Waals surface area contributed by atoms with Crippen LogP contribution >= 0.6 is 0 Å².